The van der Waals surface area contributed by atoms with E-state index in [0.717, 1.165) is 11.3 Å². The molecule has 0 unspecified atom stereocenters. The zero-order chi connectivity index (χ0) is 11.3. The summed E-state index contributed by atoms with van der Waals surface area (Å²) in [5.41, 5.74) is 1.91. The summed E-state index contributed by atoms with van der Waals surface area (Å²) in [5.74, 6) is -0.240. The van der Waals surface area contributed by atoms with Crippen LogP contribution in [0.4, 0.5) is 0 Å². The van der Waals surface area contributed by atoms with Gasteiger partial charge in [-0.25, -0.2) is 4.79 Å². The van der Waals surface area contributed by atoms with Crippen LogP contribution < -0.4 is 0 Å². The topological polar surface area (TPSA) is 26.3 Å². The molecule has 0 aliphatic rings. The molecule has 0 radical (unpaired) electrons. The van der Waals surface area contributed by atoms with E-state index < -0.39 is 0 Å². The molecule has 0 bridgehead atoms. The first kappa shape index (κ1) is 12.1. The number of hydrogen-bond acceptors (Lipinski definition) is 3. The predicted octanol–water partition coefficient (Wildman–Crippen LogP) is 3.15. The molecule has 0 atom stereocenters. The molecule has 0 aliphatic heterocycles. The number of carbonyl (C=O) groups is 1. The molecule has 15 heavy (non-hydrogen) atoms. The van der Waals surface area contributed by atoms with E-state index in [-0.39, 0.29) is 5.97 Å². The maximum atomic E-state index is 11.5. The van der Waals surface area contributed by atoms with Gasteiger partial charge in [0.2, 0.25) is 0 Å². The summed E-state index contributed by atoms with van der Waals surface area (Å²) in [6.07, 6.45) is 3.00. The van der Waals surface area contributed by atoms with Gasteiger partial charge in [0.25, 0.3) is 0 Å². The normalized spacial score (nSPS) is 10.1. The van der Waals surface area contributed by atoms with Gasteiger partial charge in [0.1, 0.15) is 0 Å². The van der Waals surface area contributed by atoms with Crippen LogP contribution in [0.3, 0.4) is 0 Å². The van der Waals surface area contributed by atoms with Crippen molar-refractivity contribution in [1.29, 1.82) is 0 Å². The van der Waals surface area contributed by atoms with Crippen molar-refractivity contribution in [1.82, 2.24) is 0 Å². The summed E-state index contributed by atoms with van der Waals surface area (Å²) in [6.45, 7) is 4.34. The first-order valence-corrected chi connectivity index (χ1v) is 6.29. The number of thioether (sulfide) groups is 1. The second-order valence-corrected chi connectivity index (χ2v) is 3.95. The number of benzene rings is 1. The number of carbonyl (C=O) groups excluding carboxylic acids is 1. The minimum absolute atomic E-state index is 0.240. The smallest absolute Gasteiger partial charge is 0.338 e. The lowest BCUT2D eigenvalue weighted by Gasteiger charge is -2.07. The van der Waals surface area contributed by atoms with Crippen molar-refractivity contribution >= 4 is 17.7 Å². The highest BCUT2D eigenvalue weighted by molar-refractivity contribution is 7.98. The third-order valence-corrected chi connectivity index (χ3v) is 3.00. The molecule has 2 nitrogen and oxygen atoms in total. The lowest BCUT2D eigenvalue weighted by atomic mass is 10.1. The lowest BCUT2D eigenvalue weighted by molar-refractivity contribution is 0.0526. The molecule has 0 N–H and O–H groups in total. The molecule has 0 heterocycles. The van der Waals surface area contributed by atoms with Gasteiger partial charge in [-0.1, -0.05) is 13.0 Å². The summed E-state index contributed by atoms with van der Waals surface area (Å²) in [6, 6.07) is 5.73. The number of rotatable bonds is 4. The van der Waals surface area contributed by atoms with Crippen LogP contribution in [0.2, 0.25) is 0 Å². The van der Waals surface area contributed by atoms with Gasteiger partial charge in [0.05, 0.1) is 12.2 Å². The number of esters is 1. The number of ether oxygens (including phenoxy) is 1. The standard InChI is InChI=1S/C12H16O2S/c1-4-9-6-7-10(8-11(9)15-3)12(13)14-5-2/h6-8H,4-5H2,1-3H3. The maximum Gasteiger partial charge on any atom is 0.338 e. The fourth-order valence-electron chi connectivity index (χ4n) is 1.38. The van der Waals surface area contributed by atoms with Gasteiger partial charge in [-0.2, -0.15) is 0 Å². The second-order valence-electron chi connectivity index (χ2n) is 3.10. The van der Waals surface area contributed by atoms with E-state index in [1.807, 2.05) is 31.4 Å². The van der Waals surface area contributed by atoms with Crippen molar-refractivity contribution in [3.05, 3.63) is 29.3 Å². The van der Waals surface area contributed by atoms with E-state index in [4.69, 9.17) is 4.74 Å². The Morgan fingerprint density at radius 1 is 1.40 bits per heavy atom. The molecule has 0 spiro atoms. The van der Waals surface area contributed by atoms with Crippen molar-refractivity contribution < 1.29 is 9.53 Å². The summed E-state index contributed by atoms with van der Waals surface area (Å²) in [4.78, 5) is 12.6. The first-order valence-electron chi connectivity index (χ1n) is 5.07. The minimum Gasteiger partial charge on any atom is -0.462 e. The largest absolute Gasteiger partial charge is 0.462 e. The van der Waals surface area contributed by atoms with Crippen LogP contribution in [-0.4, -0.2) is 18.8 Å². The quantitative estimate of drug-likeness (QED) is 0.580. The third kappa shape index (κ3) is 2.99. The monoisotopic (exact) mass is 224 g/mol. The van der Waals surface area contributed by atoms with Crippen LogP contribution in [0, 0.1) is 0 Å². The van der Waals surface area contributed by atoms with Crippen LogP contribution in [0.1, 0.15) is 29.8 Å². The van der Waals surface area contributed by atoms with Crippen molar-refractivity contribution in [2.45, 2.75) is 25.2 Å². The van der Waals surface area contributed by atoms with Crippen LogP contribution in [0.5, 0.6) is 0 Å². The average molecular weight is 224 g/mol. The fourth-order valence-corrected chi connectivity index (χ4v) is 2.10. The summed E-state index contributed by atoms with van der Waals surface area (Å²) in [5, 5.41) is 0. The first-order chi connectivity index (χ1) is 7.22. The van der Waals surface area contributed by atoms with Crippen LogP contribution in [-0.2, 0) is 11.2 Å². The third-order valence-electron chi connectivity index (χ3n) is 2.18. The van der Waals surface area contributed by atoms with Gasteiger partial charge < -0.3 is 4.74 Å². The van der Waals surface area contributed by atoms with E-state index in [2.05, 4.69) is 6.92 Å². The molecule has 82 valence electrons. The molecule has 0 saturated carbocycles. The summed E-state index contributed by atoms with van der Waals surface area (Å²) >= 11 is 1.66. The SMILES string of the molecule is CCOC(=O)c1ccc(CC)c(SC)c1. The van der Waals surface area contributed by atoms with Gasteiger partial charge in [-0.05, 0) is 37.3 Å². The number of aryl methyl sites for hydroxylation is 1. The summed E-state index contributed by atoms with van der Waals surface area (Å²) in [7, 11) is 0. The summed E-state index contributed by atoms with van der Waals surface area (Å²) < 4.78 is 4.95. The van der Waals surface area contributed by atoms with Crippen LogP contribution in [0.15, 0.2) is 23.1 Å². The van der Waals surface area contributed by atoms with E-state index in [0.29, 0.717) is 12.2 Å². The zero-order valence-electron chi connectivity index (χ0n) is 9.37. The molecule has 1 rings (SSSR count). The van der Waals surface area contributed by atoms with E-state index in [1.165, 1.54) is 5.56 Å². The Balaban J connectivity index is 2.97. The van der Waals surface area contributed by atoms with Gasteiger partial charge in [0.15, 0.2) is 0 Å². The molecule has 1 aromatic carbocycles. The lowest BCUT2D eigenvalue weighted by Crippen LogP contribution is -2.05. The zero-order valence-corrected chi connectivity index (χ0v) is 10.2. The molecule has 0 saturated heterocycles. The molecule has 3 heteroatoms. The van der Waals surface area contributed by atoms with Crippen molar-refractivity contribution in [3.8, 4) is 0 Å². The molecule has 0 aromatic heterocycles. The Morgan fingerprint density at radius 3 is 2.67 bits per heavy atom. The Labute approximate surface area is 95.0 Å². The van der Waals surface area contributed by atoms with Gasteiger partial charge in [0, 0.05) is 4.90 Å². The molecular formula is C12H16O2S. The minimum atomic E-state index is -0.240. The van der Waals surface area contributed by atoms with Gasteiger partial charge in [-0.3, -0.25) is 0 Å². The molecule has 0 fully saturated rings. The molecule has 1 aromatic rings. The Hall–Kier alpha value is -0.960. The fraction of sp³-hybridized carbons (Fsp3) is 0.417. The number of hydrogen-bond donors (Lipinski definition) is 0. The van der Waals surface area contributed by atoms with Crippen molar-refractivity contribution in [3.63, 3.8) is 0 Å². The van der Waals surface area contributed by atoms with E-state index in [9.17, 15) is 4.79 Å². The second kappa shape index (κ2) is 5.81. The highest BCUT2D eigenvalue weighted by atomic mass is 32.2. The molecule has 0 amide bonds. The molecular weight excluding hydrogens is 208 g/mol. The molecule has 0 aliphatic carbocycles. The van der Waals surface area contributed by atoms with Crippen LogP contribution in [0.25, 0.3) is 0 Å². The maximum absolute atomic E-state index is 11.5. The van der Waals surface area contributed by atoms with E-state index >= 15 is 0 Å². The Morgan fingerprint density at radius 2 is 2.13 bits per heavy atom. The Bertz CT molecular complexity index is 347. The van der Waals surface area contributed by atoms with Crippen molar-refractivity contribution in [2.24, 2.45) is 0 Å². The highest BCUT2D eigenvalue weighted by Gasteiger charge is 2.08. The van der Waals surface area contributed by atoms with Gasteiger partial charge in [-0.15, -0.1) is 11.8 Å². The van der Waals surface area contributed by atoms with Crippen LogP contribution >= 0.6 is 11.8 Å². The van der Waals surface area contributed by atoms with Crippen molar-refractivity contribution in [2.75, 3.05) is 12.9 Å². The van der Waals surface area contributed by atoms with E-state index in [1.54, 1.807) is 11.8 Å². The van der Waals surface area contributed by atoms with Gasteiger partial charge >= 0.3 is 5.97 Å². The predicted molar refractivity (Wildman–Crippen MR) is 63.6 cm³/mol. The Kier molecular flexibility index (Phi) is 4.69. The average Bonchev–Trinajstić information content (AvgIpc) is 2.28. The highest BCUT2D eigenvalue weighted by Crippen LogP contribution is 2.22.